The van der Waals surface area contributed by atoms with E-state index in [0.717, 1.165) is 6.42 Å². The zero-order valence-corrected chi connectivity index (χ0v) is 14.5. The zero-order valence-electron chi connectivity index (χ0n) is 13.7. The van der Waals surface area contributed by atoms with Crippen LogP contribution in [0.5, 0.6) is 0 Å². The standard InChI is InChI=1S/C15H31N3O2S/c1-13(2)16-15(14-8-5-4-6-9-14)12-17(3)21(19,20)18-10-7-11-18/h13-16H,4-12H2,1-3H3/t15-/m1/s1. The maximum atomic E-state index is 12.4. The molecule has 5 nitrogen and oxygen atoms in total. The molecule has 124 valence electrons. The predicted octanol–water partition coefficient (Wildman–Crippen LogP) is 1.82. The van der Waals surface area contributed by atoms with Crippen molar-refractivity contribution in [3.05, 3.63) is 0 Å². The second-order valence-electron chi connectivity index (χ2n) is 6.87. The molecular weight excluding hydrogens is 286 g/mol. The van der Waals surface area contributed by atoms with Crippen LogP contribution in [0.2, 0.25) is 0 Å². The maximum absolute atomic E-state index is 12.4. The number of hydrogen-bond donors (Lipinski definition) is 1. The molecule has 1 aliphatic heterocycles. The summed E-state index contributed by atoms with van der Waals surface area (Å²) in [4.78, 5) is 0. The summed E-state index contributed by atoms with van der Waals surface area (Å²) < 4.78 is 28.0. The summed E-state index contributed by atoms with van der Waals surface area (Å²) in [6.45, 7) is 6.22. The SMILES string of the molecule is CC(C)N[C@H](CN(C)S(=O)(=O)N1CCC1)C1CCCCC1. The Morgan fingerprint density at radius 1 is 1.14 bits per heavy atom. The van der Waals surface area contributed by atoms with Crippen LogP contribution >= 0.6 is 0 Å². The Bertz CT molecular complexity index is 415. The van der Waals surface area contributed by atoms with Gasteiger partial charge in [-0.3, -0.25) is 0 Å². The molecule has 0 bridgehead atoms. The van der Waals surface area contributed by atoms with Crippen LogP contribution in [0.25, 0.3) is 0 Å². The zero-order chi connectivity index (χ0) is 15.5. The first kappa shape index (κ1) is 17.2. The number of nitrogens with zero attached hydrogens (tertiary/aromatic N) is 2. The van der Waals surface area contributed by atoms with Crippen molar-refractivity contribution in [2.45, 2.75) is 64.5 Å². The molecule has 1 heterocycles. The van der Waals surface area contributed by atoms with Crippen molar-refractivity contribution in [1.29, 1.82) is 0 Å². The van der Waals surface area contributed by atoms with Gasteiger partial charge >= 0.3 is 0 Å². The molecule has 2 aliphatic rings. The molecule has 0 radical (unpaired) electrons. The van der Waals surface area contributed by atoms with E-state index >= 15 is 0 Å². The van der Waals surface area contributed by atoms with Crippen LogP contribution in [-0.4, -0.2) is 55.8 Å². The average Bonchev–Trinajstić information content (AvgIpc) is 2.35. The van der Waals surface area contributed by atoms with Gasteiger partial charge in [-0.15, -0.1) is 0 Å². The third-order valence-electron chi connectivity index (χ3n) is 4.76. The van der Waals surface area contributed by atoms with Crippen LogP contribution in [0.3, 0.4) is 0 Å². The van der Waals surface area contributed by atoms with Crippen LogP contribution in [0.1, 0.15) is 52.4 Å². The second kappa shape index (κ2) is 7.40. The molecule has 1 N–H and O–H groups in total. The van der Waals surface area contributed by atoms with Crippen LogP contribution in [0.4, 0.5) is 0 Å². The van der Waals surface area contributed by atoms with Gasteiger partial charge in [0.15, 0.2) is 0 Å². The van der Waals surface area contributed by atoms with E-state index < -0.39 is 10.2 Å². The minimum absolute atomic E-state index is 0.270. The summed E-state index contributed by atoms with van der Waals surface area (Å²) in [6, 6.07) is 0.656. The van der Waals surface area contributed by atoms with Crippen molar-refractivity contribution < 1.29 is 8.42 Å². The summed E-state index contributed by atoms with van der Waals surface area (Å²) in [7, 11) is -1.52. The highest BCUT2D eigenvalue weighted by Crippen LogP contribution is 2.28. The Labute approximate surface area is 130 Å². The van der Waals surface area contributed by atoms with Crippen molar-refractivity contribution >= 4 is 10.2 Å². The molecule has 0 aromatic carbocycles. The number of hydrogen-bond acceptors (Lipinski definition) is 3. The molecule has 0 spiro atoms. The Balaban J connectivity index is 1.99. The first-order chi connectivity index (χ1) is 9.91. The Morgan fingerprint density at radius 3 is 2.24 bits per heavy atom. The maximum Gasteiger partial charge on any atom is 0.281 e. The summed E-state index contributed by atoms with van der Waals surface area (Å²) >= 11 is 0. The summed E-state index contributed by atoms with van der Waals surface area (Å²) in [5.74, 6) is 0.607. The van der Waals surface area contributed by atoms with Gasteiger partial charge in [0.2, 0.25) is 0 Å². The first-order valence-electron chi connectivity index (χ1n) is 8.38. The molecule has 1 saturated carbocycles. The molecule has 1 saturated heterocycles. The lowest BCUT2D eigenvalue weighted by molar-refractivity contribution is 0.220. The lowest BCUT2D eigenvalue weighted by atomic mass is 9.83. The summed E-state index contributed by atoms with van der Waals surface area (Å²) in [5.41, 5.74) is 0. The van der Waals surface area contributed by atoms with Gasteiger partial charge in [0.25, 0.3) is 10.2 Å². The molecule has 0 aromatic heterocycles. The van der Waals surface area contributed by atoms with E-state index in [4.69, 9.17) is 0 Å². The van der Waals surface area contributed by atoms with Crippen molar-refractivity contribution in [2.75, 3.05) is 26.7 Å². The minimum atomic E-state index is -3.25. The van der Waals surface area contributed by atoms with Crippen molar-refractivity contribution in [1.82, 2.24) is 13.9 Å². The number of likely N-dealkylation sites (N-methyl/N-ethyl adjacent to an activating group) is 1. The van der Waals surface area contributed by atoms with Gasteiger partial charge < -0.3 is 5.32 Å². The highest BCUT2D eigenvalue weighted by atomic mass is 32.2. The highest BCUT2D eigenvalue weighted by molar-refractivity contribution is 7.86. The smallest absolute Gasteiger partial charge is 0.281 e. The fourth-order valence-electron chi connectivity index (χ4n) is 3.39. The molecule has 6 heteroatoms. The Kier molecular flexibility index (Phi) is 6.05. The number of nitrogens with one attached hydrogen (secondary N) is 1. The van der Waals surface area contributed by atoms with Crippen molar-refractivity contribution in [2.24, 2.45) is 5.92 Å². The molecule has 1 aliphatic carbocycles. The van der Waals surface area contributed by atoms with Crippen LogP contribution in [0, 0.1) is 5.92 Å². The van der Waals surface area contributed by atoms with Gasteiger partial charge in [0.1, 0.15) is 0 Å². The third-order valence-corrected chi connectivity index (χ3v) is 6.71. The monoisotopic (exact) mass is 317 g/mol. The molecule has 2 rings (SSSR count). The lowest BCUT2D eigenvalue weighted by Crippen LogP contribution is -2.54. The van der Waals surface area contributed by atoms with E-state index in [-0.39, 0.29) is 6.04 Å². The second-order valence-corrected chi connectivity index (χ2v) is 8.90. The van der Waals surface area contributed by atoms with Gasteiger partial charge in [0, 0.05) is 38.8 Å². The normalized spacial score (nSPS) is 23.5. The van der Waals surface area contributed by atoms with E-state index in [0.29, 0.717) is 31.6 Å². The fraction of sp³-hybridized carbons (Fsp3) is 1.00. The number of rotatable bonds is 7. The minimum Gasteiger partial charge on any atom is -0.310 e. The first-order valence-corrected chi connectivity index (χ1v) is 9.78. The summed E-state index contributed by atoms with van der Waals surface area (Å²) in [5, 5.41) is 3.60. The van der Waals surface area contributed by atoms with Crippen molar-refractivity contribution in [3.63, 3.8) is 0 Å². The molecule has 0 aromatic rings. The quantitative estimate of drug-likeness (QED) is 0.779. The fourth-order valence-corrected chi connectivity index (χ4v) is 4.85. The summed E-state index contributed by atoms with van der Waals surface area (Å²) in [6.07, 6.45) is 7.33. The van der Waals surface area contributed by atoms with Gasteiger partial charge in [-0.05, 0) is 25.2 Å². The molecule has 21 heavy (non-hydrogen) atoms. The van der Waals surface area contributed by atoms with Crippen LogP contribution in [0.15, 0.2) is 0 Å². The third kappa shape index (κ3) is 4.41. The van der Waals surface area contributed by atoms with Crippen LogP contribution in [-0.2, 0) is 10.2 Å². The topological polar surface area (TPSA) is 52.7 Å². The molecule has 0 amide bonds. The van der Waals surface area contributed by atoms with Gasteiger partial charge in [-0.1, -0.05) is 33.1 Å². The van der Waals surface area contributed by atoms with E-state index in [1.54, 1.807) is 15.7 Å². The lowest BCUT2D eigenvalue weighted by Gasteiger charge is -2.38. The van der Waals surface area contributed by atoms with Gasteiger partial charge in [0.05, 0.1) is 0 Å². The Morgan fingerprint density at radius 2 is 1.76 bits per heavy atom. The van der Waals surface area contributed by atoms with E-state index in [1.165, 1.54) is 32.1 Å². The van der Waals surface area contributed by atoms with Crippen molar-refractivity contribution in [3.8, 4) is 0 Å². The molecular formula is C15H31N3O2S. The average molecular weight is 317 g/mol. The van der Waals surface area contributed by atoms with Crippen LogP contribution < -0.4 is 5.32 Å². The Hall–Kier alpha value is -0.170. The molecule has 0 unspecified atom stereocenters. The molecule has 2 fully saturated rings. The van der Waals surface area contributed by atoms with E-state index in [9.17, 15) is 8.42 Å². The molecule has 1 atom stereocenters. The highest BCUT2D eigenvalue weighted by Gasteiger charge is 2.34. The van der Waals surface area contributed by atoms with Gasteiger partial charge in [-0.25, -0.2) is 0 Å². The van der Waals surface area contributed by atoms with E-state index in [1.807, 2.05) is 0 Å². The largest absolute Gasteiger partial charge is 0.310 e. The van der Waals surface area contributed by atoms with Gasteiger partial charge in [-0.2, -0.15) is 17.0 Å². The van der Waals surface area contributed by atoms with E-state index in [2.05, 4.69) is 19.2 Å². The predicted molar refractivity (Wildman–Crippen MR) is 86.4 cm³/mol.